The molecule has 0 fully saturated rings. The van der Waals surface area contributed by atoms with Crippen LogP contribution in [0.15, 0.2) is 120 Å². The second-order valence-electron chi connectivity index (χ2n) is 9.40. The van der Waals surface area contributed by atoms with Gasteiger partial charge in [-0.1, -0.05) is 78.3 Å². The van der Waals surface area contributed by atoms with E-state index in [1.807, 2.05) is 0 Å². The number of nitrogens with one attached hydrogen (secondary N) is 2. The van der Waals surface area contributed by atoms with E-state index in [0.717, 1.165) is 0 Å². The van der Waals surface area contributed by atoms with E-state index in [-0.39, 0.29) is 23.3 Å². The van der Waals surface area contributed by atoms with E-state index in [0.29, 0.717) is 27.1 Å². The monoisotopic (exact) mass is 580 g/mol. The number of aromatic amines is 1. The topological polar surface area (TPSA) is 115 Å². The first-order chi connectivity index (χ1) is 20.4. The van der Waals surface area contributed by atoms with Gasteiger partial charge < -0.3 is 19.8 Å². The fourth-order valence-electron chi connectivity index (χ4n) is 4.44. The van der Waals surface area contributed by atoms with Gasteiger partial charge in [0.2, 0.25) is 11.7 Å². The number of fused-ring (bicyclic) bond motifs is 1. The summed E-state index contributed by atoms with van der Waals surface area (Å²) in [4.78, 5) is 55.4. The first kappa shape index (κ1) is 28.3. The zero-order chi connectivity index (χ0) is 29.5. The van der Waals surface area contributed by atoms with Crippen molar-refractivity contribution in [1.82, 2.24) is 10.3 Å². The SMILES string of the molecule is O=C(NC(Cc1cc(=O)[nH]c2ccccc12)C(=O)OC(C(=O)Oc1ccccc1)c1ccccc1)c1ccc(Cl)cc1. The van der Waals surface area contributed by atoms with Gasteiger partial charge >= 0.3 is 11.9 Å². The van der Waals surface area contributed by atoms with Crippen LogP contribution in [0.3, 0.4) is 0 Å². The Hall–Kier alpha value is -5.21. The molecule has 0 radical (unpaired) electrons. The molecule has 2 N–H and O–H groups in total. The minimum Gasteiger partial charge on any atom is -0.444 e. The van der Waals surface area contributed by atoms with Crippen molar-refractivity contribution < 1.29 is 23.9 Å². The van der Waals surface area contributed by atoms with Crippen LogP contribution in [0.2, 0.25) is 5.02 Å². The second-order valence-corrected chi connectivity index (χ2v) is 9.84. The van der Waals surface area contributed by atoms with Crippen LogP contribution in [-0.4, -0.2) is 28.9 Å². The fourth-order valence-corrected chi connectivity index (χ4v) is 4.56. The van der Waals surface area contributed by atoms with E-state index in [9.17, 15) is 19.2 Å². The maximum atomic E-state index is 13.8. The van der Waals surface area contributed by atoms with E-state index in [4.69, 9.17) is 21.1 Å². The minimum atomic E-state index is -1.43. The summed E-state index contributed by atoms with van der Waals surface area (Å²) in [6.07, 6.45) is -1.51. The molecule has 1 amide bonds. The smallest absolute Gasteiger partial charge is 0.357 e. The Kier molecular flexibility index (Phi) is 8.75. The molecule has 1 aromatic heterocycles. The van der Waals surface area contributed by atoms with E-state index in [2.05, 4.69) is 10.3 Å². The molecule has 0 saturated heterocycles. The molecule has 0 bridgehead atoms. The van der Waals surface area contributed by atoms with Gasteiger partial charge in [-0.2, -0.15) is 0 Å². The highest BCUT2D eigenvalue weighted by Crippen LogP contribution is 2.24. The Balaban J connectivity index is 1.47. The highest BCUT2D eigenvalue weighted by atomic mass is 35.5. The van der Waals surface area contributed by atoms with Crippen LogP contribution in [0.1, 0.15) is 27.6 Å². The van der Waals surface area contributed by atoms with Crippen molar-refractivity contribution >= 4 is 40.3 Å². The van der Waals surface area contributed by atoms with Crippen molar-refractivity contribution in [2.45, 2.75) is 18.6 Å². The number of rotatable bonds is 9. The van der Waals surface area contributed by atoms with Gasteiger partial charge in [0.1, 0.15) is 11.8 Å². The predicted octanol–water partition coefficient (Wildman–Crippen LogP) is 5.41. The van der Waals surface area contributed by atoms with Gasteiger partial charge in [-0.3, -0.25) is 9.59 Å². The Labute approximate surface area is 245 Å². The average molecular weight is 581 g/mol. The van der Waals surface area contributed by atoms with Gasteiger partial charge in [0.15, 0.2) is 0 Å². The van der Waals surface area contributed by atoms with Crippen molar-refractivity contribution in [3.05, 3.63) is 147 Å². The molecule has 0 spiro atoms. The third-order valence-corrected chi connectivity index (χ3v) is 6.72. The Bertz CT molecular complexity index is 1770. The van der Waals surface area contributed by atoms with E-state index < -0.39 is 30.0 Å². The number of halogens is 1. The number of carbonyl (C=O) groups excluding carboxylic acids is 3. The number of carbonyl (C=O) groups is 3. The maximum Gasteiger partial charge on any atom is 0.357 e. The lowest BCUT2D eigenvalue weighted by Crippen LogP contribution is -2.44. The average Bonchev–Trinajstić information content (AvgIpc) is 3.00. The summed E-state index contributed by atoms with van der Waals surface area (Å²) in [5.41, 5.74) is 1.36. The molecule has 8 nitrogen and oxygen atoms in total. The molecule has 0 saturated carbocycles. The van der Waals surface area contributed by atoms with E-state index in [1.54, 1.807) is 97.1 Å². The molecular weight excluding hydrogens is 556 g/mol. The number of benzene rings is 4. The van der Waals surface area contributed by atoms with Crippen LogP contribution in [-0.2, 0) is 20.7 Å². The Morgan fingerprint density at radius 1 is 0.786 bits per heavy atom. The second kappa shape index (κ2) is 13.0. The summed E-state index contributed by atoms with van der Waals surface area (Å²) >= 11 is 5.97. The number of H-pyrrole nitrogens is 1. The normalized spacial score (nSPS) is 12.2. The van der Waals surface area contributed by atoms with Crippen molar-refractivity contribution in [3.63, 3.8) is 0 Å². The standard InChI is InChI=1S/C33H25ClN2O6/c34-24-17-15-22(16-18-24)31(38)36-28(19-23-20-29(37)35-27-14-8-7-13-26(23)27)32(39)42-30(21-9-3-1-4-10-21)33(40)41-25-11-5-2-6-12-25/h1-18,20,28,30H,19H2,(H,35,37)(H,36,38). The number of amides is 1. The summed E-state index contributed by atoms with van der Waals surface area (Å²) in [5.74, 6) is -1.99. The molecule has 2 unspecified atom stereocenters. The molecule has 9 heteroatoms. The van der Waals surface area contributed by atoms with Gasteiger partial charge in [0.05, 0.1) is 0 Å². The lowest BCUT2D eigenvalue weighted by Gasteiger charge is -2.22. The summed E-state index contributed by atoms with van der Waals surface area (Å²) in [7, 11) is 0. The molecule has 5 rings (SSSR count). The minimum absolute atomic E-state index is 0.0855. The lowest BCUT2D eigenvalue weighted by molar-refractivity contribution is -0.164. The molecule has 4 aromatic carbocycles. The summed E-state index contributed by atoms with van der Waals surface area (Å²) in [6.45, 7) is 0. The summed E-state index contributed by atoms with van der Waals surface area (Å²) < 4.78 is 11.3. The first-order valence-corrected chi connectivity index (χ1v) is 13.4. The largest absolute Gasteiger partial charge is 0.444 e. The fraction of sp³-hybridized carbons (Fsp3) is 0.0909. The number of para-hydroxylation sites is 2. The van der Waals surface area contributed by atoms with Crippen LogP contribution >= 0.6 is 11.6 Å². The quantitative estimate of drug-likeness (QED) is 0.178. The van der Waals surface area contributed by atoms with Crippen LogP contribution in [0.25, 0.3) is 10.9 Å². The first-order valence-electron chi connectivity index (χ1n) is 13.1. The molecule has 2 atom stereocenters. The molecule has 0 aliphatic carbocycles. The highest BCUT2D eigenvalue weighted by molar-refractivity contribution is 6.30. The molecule has 5 aromatic rings. The van der Waals surface area contributed by atoms with E-state index >= 15 is 0 Å². The number of pyridine rings is 1. The number of hydrogen-bond donors (Lipinski definition) is 2. The van der Waals surface area contributed by atoms with Gasteiger partial charge in [0.25, 0.3) is 5.91 Å². The highest BCUT2D eigenvalue weighted by Gasteiger charge is 2.32. The van der Waals surface area contributed by atoms with Crippen LogP contribution in [0.4, 0.5) is 0 Å². The number of ether oxygens (including phenoxy) is 2. The van der Waals surface area contributed by atoms with Crippen molar-refractivity contribution in [1.29, 1.82) is 0 Å². The Morgan fingerprint density at radius 2 is 1.43 bits per heavy atom. The van der Waals surface area contributed by atoms with Gasteiger partial charge in [-0.15, -0.1) is 0 Å². The van der Waals surface area contributed by atoms with Crippen LogP contribution < -0.4 is 15.6 Å². The Morgan fingerprint density at radius 3 is 2.14 bits per heavy atom. The molecular formula is C33H25ClN2O6. The van der Waals surface area contributed by atoms with Crippen molar-refractivity contribution in [2.75, 3.05) is 0 Å². The van der Waals surface area contributed by atoms with Gasteiger partial charge in [-0.25, -0.2) is 9.59 Å². The molecule has 0 aliphatic heterocycles. The maximum absolute atomic E-state index is 13.8. The third-order valence-electron chi connectivity index (χ3n) is 6.47. The third kappa shape index (κ3) is 6.92. The summed E-state index contributed by atoms with van der Waals surface area (Å²) in [6, 6.07) is 30.2. The molecule has 42 heavy (non-hydrogen) atoms. The molecule has 1 heterocycles. The lowest BCUT2D eigenvalue weighted by atomic mass is 10.0. The zero-order valence-electron chi connectivity index (χ0n) is 22.2. The summed E-state index contributed by atoms with van der Waals surface area (Å²) in [5, 5.41) is 3.85. The molecule has 0 aliphatic rings. The van der Waals surface area contributed by atoms with Gasteiger partial charge in [-0.05, 0) is 48.0 Å². The van der Waals surface area contributed by atoms with Crippen molar-refractivity contribution in [2.24, 2.45) is 0 Å². The van der Waals surface area contributed by atoms with Crippen LogP contribution in [0, 0.1) is 0 Å². The number of aromatic nitrogens is 1. The van der Waals surface area contributed by atoms with E-state index in [1.165, 1.54) is 18.2 Å². The van der Waals surface area contributed by atoms with Crippen LogP contribution in [0.5, 0.6) is 5.75 Å². The number of esters is 2. The predicted molar refractivity (Wildman–Crippen MR) is 158 cm³/mol. The molecule has 210 valence electrons. The zero-order valence-corrected chi connectivity index (χ0v) is 22.9. The van der Waals surface area contributed by atoms with Crippen molar-refractivity contribution in [3.8, 4) is 5.75 Å². The van der Waals surface area contributed by atoms with Gasteiger partial charge in [0, 0.05) is 39.5 Å². The number of hydrogen-bond acceptors (Lipinski definition) is 6.